The second kappa shape index (κ2) is 8.21. The molecule has 1 amide bonds. The lowest BCUT2D eigenvalue weighted by atomic mass is 10.1. The third kappa shape index (κ3) is 4.74. The van der Waals surface area contributed by atoms with Gasteiger partial charge in [0.1, 0.15) is 12.7 Å². The van der Waals surface area contributed by atoms with Crippen LogP contribution >= 0.6 is 0 Å². The highest BCUT2D eigenvalue weighted by molar-refractivity contribution is 5.94. The lowest BCUT2D eigenvalue weighted by Gasteiger charge is -2.08. The van der Waals surface area contributed by atoms with Crippen molar-refractivity contribution in [2.75, 3.05) is 7.11 Å². The maximum absolute atomic E-state index is 12.3. The van der Waals surface area contributed by atoms with E-state index in [-0.39, 0.29) is 5.91 Å². The summed E-state index contributed by atoms with van der Waals surface area (Å²) >= 11 is 0. The van der Waals surface area contributed by atoms with Crippen molar-refractivity contribution in [3.05, 3.63) is 83.4 Å². The van der Waals surface area contributed by atoms with Crippen molar-refractivity contribution in [2.45, 2.75) is 19.7 Å². The van der Waals surface area contributed by atoms with Crippen molar-refractivity contribution in [3.63, 3.8) is 0 Å². The van der Waals surface area contributed by atoms with E-state index in [1.807, 2.05) is 48.5 Å². The Hall–Kier alpha value is -2.99. The van der Waals surface area contributed by atoms with Crippen LogP contribution in [-0.2, 0) is 24.4 Å². The van der Waals surface area contributed by atoms with Crippen molar-refractivity contribution in [1.82, 2.24) is 20.1 Å². The van der Waals surface area contributed by atoms with E-state index in [2.05, 4.69) is 15.4 Å². The van der Waals surface area contributed by atoms with Crippen molar-refractivity contribution in [3.8, 4) is 0 Å². The topological polar surface area (TPSA) is 69.0 Å². The number of amides is 1. The summed E-state index contributed by atoms with van der Waals surface area (Å²) < 4.78 is 6.87. The van der Waals surface area contributed by atoms with Gasteiger partial charge in [0.05, 0.1) is 13.2 Å². The molecule has 0 atom stereocenters. The Balaban J connectivity index is 1.57. The smallest absolute Gasteiger partial charge is 0.251 e. The highest BCUT2D eigenvalue weighted by atomic mass is 16.5. The molecule has 0 aliphatic heterocycles. The molecule has 0 aliphatic carbocycles. The van der Waals surface area contributed by atoms with Gasteiger partial charge in [-0.15, -0.1) is 0 Å². The molecule has 0 fully saturated rings. The first-order valence-corrected chi connectivity index (χ1v) is 8.01. The summed E-state index contributed by atoms with van der Waals surface area (Å²) in [6.45, 7) is 1.68. The van der Waals surface area contributed by atoms with E-state index >= 15 is 0 Å². The lowest BCUT2D eigenvalue weighted by molar-refractivity contribution is 0.0951. The molecule has 1 aromatic heterocycles. The first-order valence-electron chi connectivity index (χ1n) is 8.01. The predicted molar refractivity (Wildman–Crippen MR) is 93.9 cm³/mol. The number of benzene rings is 2. The quantitative estimate of drug-likeness (QED) is 0.719. The molecule has 3 rings (SSSR count). The molecule has 0 spiro atoms. The molecule has 1 heterocycles. The van der Waals surface area contributed by atoms with Gasteiger partial charge in [0.15, 0.2) is 0 Å². The zero-order chi connectivity index (χ0) is 17.5. The fraction of sp³-hybridized carbons (Fsp3) is 0.211. The van der Waals surface area contributed by atoms with Crippen molar-refractivity contribution in [2.24, 2.45) is 0 Å². The monoisotopic (exact) mass is 336 g/mol. The van der Waals surface area contributed by atoms with Crippen LogP contribution in [0.5, 0.6) is 0 Å². The molecule has 0 aliphatic rings. The Labute approximate surface area is 146 Å². The third-order valence-corrected chi connectivity index (χ3v) is 3.78. The van der Waals surface area contributed by atoms with Crippen molar-refractivity contribution in [1.29, 1.82) is 0 Å². The number of hydrogen-bond acceptors (Lipinski definition) is 4. The van der Waals surface area contributed by atoms with E-state index < -0.39 is 0 Å². The number of methoxy groups -OCH3 is 1. The minimum atomic E-state index is -0.0931. The summed E-state index contributed by atoms with van der Waals surface area (Å²) in [6.07, 6.45) is 3.17. The average molecular weight is 336 g/mol. The van der Waals surface area contributed by atoms with Gasteiger partial charge < -0.3 is 10.1 Å². The van der Waals surface area contributed by atoms with E-state index in [9.17, 15) is 4.79 Å². The highest BCUT2D eigenvalue weighted by Crippen LogP contribution is 2.08. The standard InChI is InChI=1S/C19H20N4O2/c1-25-12-17-4-2-3-16(9-17)10-21-19(24)18-7-5-15(6-8-18)11-23-14-20-13-22-23/h2-9,13-14H,10-12H2,1H3,(H,21,24). The molecule has 25 heavy (non-hydrogen) atoms. The number of ether oxygens (including phenoxy) is 1. The normalized spacial score (nSPS) is 10.6. The first kappa shape index (κ1) is 16.9. The number of nitrogens with zero attached hydrogens (tertiary/aromatic N) is 3. The Morgan fingerprint density at radius 1 is 1.12 bits per heavy atom. The van der Waals surface area contributed by atoms with Gasteiger partial charge in [-0.25, -0.2) is 9.67 Å². The fourth-order valence-electron chi connectivity index (χ4n) is 2.54. The van der Waals surface area contributed by atoms with Crippen LogP contribution in [0.25, 0.3) is 0 Å². The maximum atomic E-state index is 12.3. The molecule has 2 aromatic carbocycles. The summed E-state index contributed by atoms with van der Waals surface area (Å²) in [5.74, 6) is -0.0931. The molecule has 128 valence electrons. The van der Waals surface area contributed by atoms with Crippen LogP contribution in [-0.4, -0.2) is 27.8 Å². The van der Waals surface area contributed by atoms with Crippen molar-refractivity contribution < 1.29 is 9.53 Å². The Morgan fingerprint density at radius 3 is 2.64 bits per heavy atom. The molecule has 0 saturated heterocycles. The Bertz CT molecular complexity index is 814. The molecular weight excluding hydrogens is 316 g/mol. The summed E-state index contributed by atoms with van der Waals surface area (Å²) in [5.41, 5.74) is 3.84. The fourth-order valence-corrected chi connectivity index (χ4v) is 2.54. The Kier molecular flexibility index (Phi) is 5.53. The van der Waals surface area contributed by atoms with Gasteiger partial charge in [-0.2, -0.15) is 5.10 Å². The molecule has 1 N–H and O–H groups in total. The second-order valence-corrected chi connectivity index (χ2v) is 5.73. The predicted octanol–water partition coefficient (Wildman–Crippen LogP) is 2.40. The van der Waals surface area contributed by atoms with Gasteiger partial charge in [0.2, 0.25) is 0 Å². The van der Waals surface area contributed by atoms with Crippen LogP contribution in [0.4, 0.5) is 0 Å². The van der Waals surface area contributed by atoms with Gasteiger partial charge in [-0.3, -0.25) is 4.79 Å². The zero-order valence-electron chi connectivity index (χ0n) is 14.1. The third-order valence-electron chi connectivity index (χ3n) is 3.78. The number of aromatic nitrogens is 3. The summed E-state index contributed by atoms with van der Waals surface area (Å²) in [5, 5.41) is 7.01. The molecule has 3 aromatic rings. The molecule has 6 heteroatoms. The van der Waals surface area contributed by atoms with Crippen LogP contribution < -0.4 is 5.32 Å². The number of carbonyl (C=O) groups is 1. The Morgan fingerprint density at radius 2 is 1.92 bits per heavy atom. The number of carbonyl (C=O) groups excluding carboxylic acids is 1. The van der Waals surface area contributed by atoms with Crippen LogP contribution in [0.2, 0.25) is 0 Å². The minimum Gasteiger partial charge on any atom is -0.380 e. The largest absolute Gasteiger partial charge is 0.380 e. The van der Waals surface area contributed by atoms with Crippen LogP contribution in [0.15, 0.2) is 61.2 Å². The molecule has 6 nitrogen and oxygen atoms in total. The summed E-state index contributed by atoms with van der Waals surface area (Å²) in [6, 6.07) is 15.5. The summed E-state index contributed by atoms with van der Waals surface area (Å²) in [4.78, 5) is 16.2. The SMILES string of the molecule is COCc1cccc(CNC(=O)c2ccc(Cn3cncn3)cc2)c1. The molecule has 0 unspecified atom stereocenters. The molecule has 0 radical (unpaired) electrons. The highest BCUT2D eigenvalue weighted by Gasteiger charge is 2.06. The molecule has 0 saturated carbocycles. The zero-order valence-corrected chi connectivity index (χ0v) is 14.1. The summed E-state index contributed by atoms with van der Waals surface area (Å²) in [7, 11) is 1.67. The van der Waals surface area contributed by atoms with E-state index in [4.69, 9.17) is 4.74 Å². The van der Waals surface area contributed by atoms with Gasteiger partial charge >= 0.3 is 0 Å². The van der Waals surface area contributed by atoms with Gasteiger partial charge in [-0.1, -0.05) is 36.4 Å². The van der Waals surface area contributed by atoms with E-state index in [0.717, 1.165) is 16.7 Å². The minimum absolute atomic E-state index is 0.0931. The van der Waals surface area contributed by atoms with Crippen LogP contribution in [0.3, 0.4) is 0 Å². The second-order valence-electron chi connectivity index (χ2n) is 5.73. The molecule has 0 bridgehead atoms. The number of nitrogens with one attached hydrogen (secondary N) is 1. The van der Waals surface area contributed by atoms with E-state index in [1.54, 1.807) is 18.1 Å². The van der Waals surface area contributed by atoms with E-state index in [0.29, 0.717) is 25.3 Å². The van der Waals surface area contributed by atoms with Crippen LogP contribution in [0.1, 0.15) is 27.0 Å². The number of rotatable bonds is 7. The lowest BCUT2D eigenvalue weighted by Crippen LogP contribution is -2.22. The van der Waals surface area contributed by atoms with Gasteiger partial charge in [0, 0.05) is 19.2 Å². The first-order chi connectivity index (χ1) is 12.2. The molecular formula is C19H20N4O2. The maximum Gasteiger partial charge on any atom is 0.251 e. The average Bonchev–Trinajstić information content (AvgIpc) is 3.14. The van der Waals surface area contributed by atoms with Gasteiger partial charge in [-0.05, 0) is 28.8 Å². The van der Waals surface area contributed by atoms with Crippen LogP contribution in [0, 0.1) is 0 Å². The number of hydrogen-bond donors (Lipinski definition) is 1. The van der Waals surface area contributed by atoms with Crippen molar-refractivity contribution >= 4 is 5.91 Å². The van der Waals surface area contributed by atoms with Gasteiger partial charge in [0.25, 0.3) is 5.91 Å². The van der Waals surface area contributed by atoms with E-state index in [1.165, 1.54) is 6.33 Å².